The van der Waals surface area contributed by atoms with Gasteiger partial charge in [0, 0.05) is 6.20 Å². The van der Waals surface area contributed by atoms with Crippen molar-refractivity contribution in [1.29, 1.82) is 0 Å². The lowest BCUT2D eigenvalue weighted by Gasteiger charge is -2.34. The molecule has 1 saturated heterocycles. The van der Waals surface area contributed by atoms with Gasteiger partial charge in [-0.25, -0.2) is 14.4 Å². The summed E-state index contributed by atoms with van der Waals surface area (Å²) < 4.78 is 61.9. The van der Waals surface area contributed by atoms with E-state index < -0.39 is 42.1 Å². The second-order valence-corrected chi connectivity index (χ2v) is 7.46. The molecule has 0 amide bonds. The van der Waals surface area contributed by atoms with Gasteiger partial charge in [0.1, 0.15) is 41.9 Å². The summed E-state index contributed by atoms with van der Waals surface area (Å²) in [5.41, 5.74) is 1.51. The lowest BCUT2D eigenvalue weighted by atomic mass is 9.86. The zero-order valence-corrected chi connectivity index (χ0v) is 16.1. The van der Waals surface area contributed by atoms with Crippen LogP contribution in [0.15, 0.2) is 36.8 Å². The number of nitrogens with two attached hydrogens (primary N) is 1. The molecule has 1 aliphatic rings. The minimum absolute atomic E-state index is 0.0359. The Labute approximate surface area is 176 Å². The molecule has 5 atom stereocenters. The van der Waals surface area contributed by atoms with Gasteiger partial charge in [-0.15, -0.1) is 0 Å². The number of nitrogens with zero attached hydrogens (tertiary/aromatic N) is 3. The number of ether oxygens (including phenoxy) is 1. The fourth-order valence-corrected chi connectivity index (χ4v) is 3.76. The van der Waals surface area contributed by atoms with Crippen molar-refractivity contribution in [2.24, 2.45) is 0 Å². The molecule has 4 rings (SSSR count). The molecule has 1 fully saturated rings. The van der Waals surface area contributed by atoms with Gasteiger partial charge in [-0.3, -0.25) is 0 Å². The van der Waals surface area contributed by atoms with Crippen molar-refractivity contribution in [3.8, 4) is 0 Å². The van der Waals surface area contributed by atoms with Crippen molar-refractivity contribution < 1.29 is 37.6 Å². The van der Waals surface area contributed by atoms with E-state index in [1.165, 1.54) is 12.3 Å². The van der Waals surface area contributed by atoms with Crippen molar-refractivity contribution >= 4 is 28.5 Å². The lowest BCUT2D eigenvalue weighted by Crippen LogP contribution is -2.60. The number of hydrogen-bond donors (Lipinski definition) is 4. The summed E-state index contributed by atoms with van der Waals surface area (Å²) in [6.07, 6.45) is -12.1. The van der Waals surface area contributed by atoms with Gasteiger partial charge in [-0.2, -0.15) is 13.2 Å². The Morgan fingerprint density at radius 2 is 1.97 bits per heavy atom. The predicted molar refractivity (Wildman–Crippen MR) is 99.2 cm³/mol. The van der Waals surface area contributed by atoms with Gasteiger partial charge >= 0.3 is 6.18 Å². The van der Waals surface area contributed by atoms with E-state index in [4.69, 9.17) is 22.1 Å². The summed E-state index contributed by atoms with van der Waals surface area (Å²) in [6, 6.07) is 4.22. The van der Waals surface area contributed by atoms with Crippen LogP contribution in [0.4, 0.5) is 23.4 Å². The van der Waals surface area contributed by atoms with E-state index in [0.29, 0.717) is 6.07 Å². The SMILES string of the molecule is Nc1ncnc2c1ccn2[C@@H]1O[C@H](C(O)c2ccc(Cl)c(F)c2)[C@](O)(C(F)(F)F)[C@H]1O. The Balaban J connectivity index is 1.81. The molecular weight excluding hydrogens is 448 g/mol. The lowest BCUT2D eigenvalue weighted by molar-refractivity contribution is -0.302. The first kappa shape index (κ1) is 21.7. The number of aliphatic hydroxyl groups excluding tert-OH is 2. The summed E-state index contributed by atoms with van der Waals surface area (Å²) in [4.78, 5) is 7.70. The molecule has 0 bridgehead atoms. The predicted octanol–water partition coefficient (Wildman–Crippen LogP) is 2.09. The van der Waals surface area contributed by atoms with E-state index >= 15 is 0 Å². The number of benzene rings is 1. The first-order valence-electron chi connectivity index (χ1n) is 8.79. The summed E-state index contributed by atoms with van der Waals surface area (Å²) >= 11 is 5.57. The number of hydrogen-bond acceptors (Lipinski definition) is 7. The molecule has 8 nitrogen and oxygen atoms in total. The summed E-state index contributed by atoms with van der Waals surface area (Å²) in [5.74, 6) is -0.956. The standard InChI is InChI=1S/C18H15ClF4N4O4/c19-9-2-1-7(5-10(9)20)11(28)13-17(30,18(21,22)23)12(29)16(31-13)27-4-3-8-14(24)25-6-26-15(8)27/h1-6,11-13,16,28-30H,(H2,24,25,26)/t11?,12-,13+,16+,17-/m0/s1. The molecule has 0 saturated carbocycles. The zero-order chi connectivity index (χ0) is 22.7. The highest BCUT2D eigenvalue weighted by Crippen LogP contribution is 2.51. The second-order valence-electron chi connectivity index (χ2n) is 7.05. The van der Waals surface area contributed by atoms with Gasteiger partial charge in [-0.1, -0.05) is 17.7 Å². The minimum atomic E-state index is -5.42. The van der Waals surface area contributed by atoms with Crippen LogP contribution in [0.25, 0.3) is 11.0 Å². The molecule has 5 N–H and O–H groups in total. The maximum absolute atomic E-state index is 13.9. The van der Waals surface area contributed by atoms with E-state index in [1.54, 1.807) is 0 Å². The van der Waals surface area contributed by atoms with Gasteiger partial charge in [0.05, 0.1) is 10.4 Å². The Morgan fingerprint density at radius 3 is 2.61 bits per heavy atom. The third-order valence-electron chi connectivity index (χ3n) is 5.28. The highest BCUT2D eigenvalue weighted by molar-refractivity contribution is 6.30. The average molecular weight is 463 g/mol. The van der Waals surface area contributed by atoms with Crippen LogP contribution < -0.4 is 5.73 Å². The average Bonchev–Trinajstić information content (AvgIpc) is 3.24. The van der Waals surface area contributed by atoms with Crippen molar-refractivity contribution in [2.45, 2.75) is 36.3 Å². The molecule has 1 aromatic carbocycles. The molecule has 1 aliphatic heterocycles. The molecule has 31 heavy (non-hydrogen) atoms. The third kappa shape index (κ3) is 3.22. The molecule has 2 aromatic heterocycles. The molecule has 3 heterocycles. The van der Waals surface area contributed by atoms with Crippen molar-refractivity contribution in [3.63, 3.8) is 0 Å². The van der Waals surface area contributed by atoms with Crippen LogP contribution >= 0.6 is 11.6 Å². The molecule has 0 aliphatic carbocycles. The van der Waals surface area contributed by atoms with E-state index in [1.807, 2.05) is 0 Å². The van der Waals surface area contributed by atoms with Gasteiger partial charge in [0.2, 0.25) is 5.60 Å². The first-order valence-corrected chi connectivity index (χ1v) is 9.17. The van der Waals surface area contributed by atoms with E-state index in [9.17, 15) is 32.9 Å². The van der Waals surface area contributed by atoms with Gasteiger partial charge < -0.3 is 30.4 Å². The van der Waals surface area contributed by atoms with Gasteiger partial charge in [0.15, 0.2) is 6.23 Å². The first-order chi connectivity index (χ1) is 14.5. The van der Waals surface area contributed by atoms with Crippen LogP contribution in [0.1, 0.15) is 17.9 Å². The topological polar surface area (TPSA) is 127 Å². The number of alkyl halides is 3. The van der Waals surface area contributed by atoms with Crippen molar-refractivity contribution in [2.75, 3.05) is 5.73 Å². The summed E-state index contributed by atoms with van der Waals surface area (Å²) in [5, 5.41) is 31.6. The quantitative estimate of drug-likeness (QED) is 0.439. The Bertz CT molecular complexity index is 1140. The summed E-state index contributed by atoms with van der Waals surface area (Å²) in [6.45, 7) is 0. The molecule has 166 valence electrons. The largest absolute Gasteiger partial charge is 0.422 e. The van der Waals surface area contributed by atoms with E-state index in [-0.39, 0.29) is 27.4 Å². The van der Waals surface area contributed by atoms with E-state index in [2.05, 4.69) is 9.97 Å². The number of halogens is 5. The summed E-state index contributed by atoms with van der Waals surface area (Å²) in [7, 11) is 0. The molecule has 0 spiro atoms. The fourth-order valence-electron chi connectivity index (χ4n) is 3.64. The zero-order valence-electron chi connectivity index (χ0n) is 15.3. The maximum atomic E-state index is 13.9. The molecular formula is C18H15ClF4N4O4. The molecule has 0 radical (unpaired) electrons. The Kier molecular flexibility index (Phi) is 5.10. The highest BCUT2D eigenvalue weighted by Gasteiger charge is 2.72. The Morgan fingerprint density at radius 1 is 1.26 bits per heavy atom. The van der Waals surface area contributed by atoms with Gasteiger partial charge in [-0.05, 0) is 23.8 Å². The van der Waals surface area contributed by atoms with Crippen LogP contribution in [-0.2, 0) is 4.74 Å². The number of aliphatic hydroxyl groups is 3. The molecule has 3 aromatic rings. The second kappa shape index (κ2) is 7.28. The highest BCUT2D eigenvalue weighted by atomic mass is 35.5. The third-order valence-corrected chi connectivity index (χ3v) is 5.59. The van der Waals surface area contributed by atoms with Crippen molar-refractivity contribution in [3.05, 3.63) is 53.2 Å². The normalized spacial score (nSPS) is 27.7. The molecule has 13 heteroatoms. The number of anilines is 1. The van der Waals surface area contributed by atoms with Crippen LogP contribution in [0.5, 0.6) is 0 Å². The number of aromatic nitrogens is 3. The number of fused-ring (bicyclic) bond motifs is 1. The monoisotopic (exact) mass is 462 g/mol. The smallest absolute Gasteiger partial charge is 0.386 e. The fraction of sp³-hybridized carbons (Fsp3) is 0.333. The molecule has 1 unspecified atom stereocenters. The number of rotatable bonds is 3. The maximum Gasteiger partial charge on any atom is 0.422 e. The van der Waals surface area contributed by atoms with E-state index in [0.717, 1.165) is 23.0 Å². The number of nitrogen functional groups attached to an aromatic ring is 1. The van der Waals surface area contributed by atoms with Crippen LogP contribution in [0.3, 0.4) is 0 Å². The van der Waals surface area contributed by atoms with Crippen LogP contribution in [0, 0.1) is 5.82 Å². The van der Waals surface area contributed by atoms with Crippen molar-refractivity contribution in [1.82, 2.24) is 14.5 Å². The van der Waals surface area contributed by atoms with Crippen LogP contribution in [0.2, 0.25) is 5.02 Å². The van der Waals surface area contributed by atoms with Crippen LogP contribution in [-0.4, -0.2) is 53.8 Å². The van der Waals surface area contributed by atoms with Gasteiger partial charge in [0.25, 0.3) is 0 Å². The Hall–Kier alpha value is -2.51. The minimum Gasteiger partial charge on any atom is -0.386 e.